The van der Waals surface area contributed by atoms with Gasteiger partial charge in [0.25, 0.3) is 0 Å². The van der Waals surface area contributed by atoms with Gasteiger partial charge in [-0.15, -0.1) is 0 Å². The molecular weight excluding hydrogens is 280 g/mol. The van der Waals surface area contributed by atoms with Gasteiger partial charge in [-0.1, -0.05) is 17.4 Å². The van der Waals surface area contributed by atoms with E-state index in [9.17, 15) is 10.1 Å². The number of rotatable bonds is 5. The van der Waals surface area contributed by atoms with Crippen molar-refractivity contribution in [2.24, 2.45) is 0 Å². The van der Waals surface area contributed by atoms with Gasteiger partial charge in [-0.05, 0) is 23.3 Å². The van der Waals surface area contributed by atoms with Gasteiger partial charge in [0.1, 0.15) is 0 Å². The topological polar surface area (TPSA) is 73.6 Å². The van der Waals surface area contributed by atoms with Crippen LogP contribution >= 0.6 is 11.3 Å². The molecule has 7 heteroatoms. The quantitative estimate of drug-likeness (QED) is 0.677. The van der Waals surface area contributed by atoms with Crippen molar-refractivity contribution >= 4 is 16.3 Å². The number of benzene rings is 1. The maximum atomic E-state index is 10.6. The molecule has 0 radical (unpaired) electrons. The lowest BCUT2D eigenvalue weighted by atomic mass is 10.2. The second-order valence-corrected chi connectivity index (χ2v) is 5.23. The third-order valence-corrected chi connectivity index (χ3v) is 3.84. The lowest BCUT2D eigenvalue weighted by molar-refractivity contribution is -0.380. The van der Waals surface area contributed by atoms with Crippen LogP contribution in [0.4, 0.5) is 5.00 Å². The molecule has 1 aromatic heterocycles. The first-order valence-corrected chi connectivity index (χ1v) is 6.91. The molecule has 0 saturated carbocycles. The zero-order valence-electron chi connectivity index (χ0n) is 10.5. The lowest BCUT2D eigenvalue weighted by Crippen LogP contribution is -2.11. The SMILES string of the molecule is O=[N+]([O-])c1cc(CNCc2ccc3c(c2)OCO3)cs1. The Morgan fingerprint density at radius 3 is 2.80 bits per heavy atom. The number of fused-ring (bicyclic) bond motifs is 1. The van der Waals surface area contributed by atoms with Crippen molar-refractivity contribution in [2.45, 2.75) is 13.1 Å². The predicted molar refractivity (Wildman–Crippen MR) is 74.1 cm³/mol. The molecule has 3 rings (SSSR count). The van der Waals surface area contributed by atoms with Crippen LogP contribution in [0.1, 0.15) is 11.1 Å². The average molecular weight is 292 g/mol. The van der Waals surface area contributed by atoms with Crippen molar-refractivity contribution in [3.05, 3.63) is 50.9 Å². The Hall–Kier alpha value is -2.12. The molecule has 104 valence electrons. The van der Waals surface area contributed by atoms with E-state index in [4.69, 9.17) is 9.47 Å². The molecule has 0 amide bonds. The molecule has 2 heterocycles. The van der Waals surface area contributed by atoms with E-state index in [2.05, 4.69) is 5.32 Å². The van der Waals surface area contributed by atoms with E-state index in [0.717, 1.165) is 34.0 Å². The van der Waals surface area contributed by atoms with Gasteiger partial charge in [0.2, 0.25) is 6.79 Å². The van der Waals surface area contributed by atoms with Crippen LogP contribution < -0.4 is 14.8 Å². The smallest absolute Gasteiger partial charge is 0.324 e. The van der Waals surface area contributed by atoms with Gasteiger partial charge in [-0.25, -0.2) is 0 Å². The zero-order valence-corrected chi connectivity index (χ0v) is 11.3. The van der Waals surface area contributed by atoms with Crippen molar-refractivity contribution in [3.8, 4) is 11.5 Å². The van der Waals surface area contributed by atoms with Gasteiger partial charge in [0, 0.05) is 24.5 Å². The molecule has 1 aromatic carbocycles. The molecular formula is C13H12N2O4S. The van der Waals surface area contributed by atoms with Gasteiger partial charge >= 0.3 is 5.00 Å². The Kier molecular flexibility index (Phi) is 3.53. The van der Waals surface area contributed by atoms with E-state index in [-0.39, 0.29) is 16.7 Å². The molecule has 0 saturated heterocycles. The maximum absolute atomic E-state index is 10.6. The minimum absolute atomic E-state index is 0.171. The van der Waals surface area contributed by atoms with Gasteiger partial charge < -0.3 is 14.8 Å². The van der Waals surface area contributed by atoms with Gasteiger partial charge in [0.15, 0.2) is 11.5 Å². The minimum Gasteiger partial charge on any atom is -0.454 e. The average Bonchev–Trinajstić information content (AvgIpc) is 3.06. The van der Waals surface area contributed by atoms with Crippen molar-refractivity contribution in [2.75, 3.05) is 6.79 Å². The van der Waals surface area contributed by atoms with Crippen LogP contribution in [0.25, 0.3) is 0 Å². The number of nitrogens with zero attached hydrogens (tertiary/aromatic N) is 1. The second kappa shape index (κ2) is 5.48. The molecule has 0 unspecified atom stereocenters. The normalized spacial score (nSPS) is 12.6. The molecule has 0 spiro atoms. The van der Waals surface area contributed by atoms with Crippen LogP contribution in [0, 0.1) is 10.1 Å². The fourth-order valence-corrected chi connectivity index (χ4v) is 2.68. The second-order valence-electron chi connectivity index (χ2n) is 4.34. The van der Waals surface area contributed by atoms with Crippen molar-refractivity contribution < 1.29 is 14.4 Å². The van der Waals surface area contributed by atoms with Gasteiger partial charge in [-0.2, -0.15) is 0 Å². The van der Waals surface area contributed by atoms with Gasteiger partial charge in [-0.3, -0.25) is 10.1 Å². The number of thiophene rings is 1. The largest absolute Gasteiger partial charge is 0.454 e. The van der Waals surface area contributed by atoms with E-state index in [1.807, 2.05) is 18.2 Å². The monoisotopic (exact) mass is 292 g/mol. The molecule has 0 atom stereocenters. The van der Waals surface area contributed by atoms with E-state index >= 15 is 0 Å². The summed E-state index contributed by atoms with van der Waals surface area (Å²) in [4.78, 5) is 10.2. The van der Waals surface area contributed by atoms with Crippen LogP contribution in [0.15, 0.2) is 29.6 Å². The highest BCUT2D eigenvalue weighted by Crippen LogP contribution is 2.32. The maximum Gasteiger partial charge on any atom is 0.324 e. The van der Waals surface area contributed by atoms with Gasteiger partial charge in [0.05, 0.1) is 4.92 Å². The fourth-order valence-electron chi connectivity index (χ4n) is 1.95. The molecule has 1 aliphatic heterocycles. The molecule has 0 bridgehead atoms. The fraction of sp³-hybridized carbons (Fsp3) is 0.231. The number of nitrogens with one attached hydrogen (secondary N) is 1. The zero-order chi connectivity index (χ0) is 13.9. The summed E-state index contributed by atoms with van der Waals surface area (Å²) in [6, 6.07) is 7.38. The van der Waals surface area contributed by atoms with Crippen molar-refractivity contribution in [1.82, 2.24) is 5.32 Å². The Bertz CT molecular complexity index is 641. The summed E-state index contributed by atoms with van der Waals surface area (Å²) in [6.45, 7) is 1.53. The summed E-state index contributed by atoms with van der Waals surface area (Å²) in [5.74, 6) is 1.53. The summed E-state index contributed by atoms with van der Waals surface area (Å²) in [5.41, 5.74) is 2.00. The Labute approximate surface area is 119 Å². The number of hydrogen-bond acceptors (Lipinski definition) is 6. The standard InChI is InChI=1S/C13H12N2O4S/c16-15(17)13-4-10(7-20-13)6-14-5-9-1-2-11-12(3-9)19-8-18-11/h1-4,7,14H,5-6,8H2. The Balaban J connectivity index is 1.55. The first kappa shape index (κ1) is 12.9. The van der Waals surface area contributed by atoms with Crippen molar-refractivity contribution in [3.63, 3.8) is 0 Å². The summed E-state index contributed by atoms with van der Waals surface area (Å²) < 4.78 is 10.6. The van der Waals surface area contributed by atoms with E-state index in [1.54, 1.807) is 11.4 Å². The van der Waals surface area contributed by atoms with E-state index in [0.29, 0.717) is 13.1 Å². The number of ether oxygens (including phenoxy) is 2. The summed E-state index contributed by atoms with van der Waals surface area (Å²) in [7, 11) is 0. The van der Waals surface area contributed by atoms with E-state index in [1.165, 1.54) is 0 Å². The van der Waals surface area contributed by atoms with Crippen LogP contribution in [0.2, 0.25) is 0 Å². The van der Waals surface area contributed by atoms with Crippen molar-refractivity contribution in [1.29, 1.82) is 0 Å². The molecule has 1 aliphatic rings. The molecule has 6 nitrogen and oxygen atoms in total. The third kappa shape index (κ3) is 2.73. The predicted octanol–water partition coefficient (Wildman–Crippen LogP) is 2.67. The Morgan fingerprint density at radius 2 is 2.00 bits per heavy atom. The molecule has 20 heavy (non-hydrogen) atoms. The lowest BCUT2D eigenvalue weighted by Gasteiger charge is -2.04. The van der Waals surface area contributed by atoms with Crippen LogP contribution in [-0.4, -0.2) is 11.7 Å². The molecule has 0 aliphatic carbocycles. The molecule has 0 fully saturated rings. The first-order valence-electron chi connectivity index (χ1n) is 6.03. The number of nitro groups is 1. The van der Waals surface area contributed by atoms with Crippen LogP contribution in [0.5, 0.6) is 11.5 Å². The molecule has 2 aromatic rings. The third-order valence-electron chi connectivity index (χ3n) is 2.92. The van der Waals surface area contributed by atoms with Crippen LogP contribution in [-0.2, 0) is 13.1 Å². The summed E-state index contributed by atoms with van der Waals surface area (Å²) in [6.07, 6.45) is 0. The Morgan fingerprint density at radius 1 is 1.20 bits per heavy atom. The van der Waals surface area contributed by atoms with Crippen LogP contribution in [0.3, 0.4) is 0 Å². The highest BCUT2D eigenvalue weighted by molar-refractivity contribution is 7.13. The van der Waals surface area contributed by atoms with E-state index < -0.39 is 0 Å². The highest BCUT2D eigenvalue weighted by atomic mass is 32.1. The minimum atomic E-state index is -0.369. The summed E-state index contributed by atoms with van der Waals surface area (Å²) in [5, 5.41) is 15.8. The molecule has 1 N–H and O–H groups in total. The highest BCUT2D eigenvalue weighted by Gasteiger charge is 2.13. The first-order chi connectivity index (χ1) is 9.72. The summed E-state index contributed by atoms with van der Waals surface area (Å²) >= 11 is 1.14. The number of hydrogen-bond donors (Lipinski definition) is 1.